The lowest BCUT2D eigenvalue weighted by Gasteiger charge is -2.56. The van der Waals surface area contributed by atoms with E-state index in [1.165, 1.54) is 5.56 Å². The molecular formula is C28H35N5O2. The van der Waals surface area contributed by atoms with E-state index in [4.69, 9.17) is 0 Å². The maximum atomic E-state index is 13.0. The van der Waals surface area contributed by atoms with Crippen LogP contribution in [0.2, 0.25) is 0 Å². The summed E-state index contributed by atoms with van der Waals surface area (Å²) < 4.78 is 1.77. The molecule has 184 valence electrons. The Hall–Kier alpha value is -3.03. The maximum Gasteiger partial charge on any atom is 0.227 e. The summed E-state index contributed by atoms with van der Waals surface area (Å²) in [6.45, 7) is 8.59. The number of hydrogen-bond acceptors (Lipinski definition) is 5. The van der Waals surface area contributed by atoms with Gasteiger partial charge in [-0.3, -0.25) is 14.5 Å². The molecule has 2 unspecified atom stereocenters. The standard InChI is InChI=1S/C28H35N5O2/c1-19(2)20-6-8-23(9-7-20)28(35,27(3)17-31(4)18-27)24-11-25(14-29-13-24)33-16-21(10-26(33)34)22-12-30-32(5)15-22/h6-9,11-15,19,21,35H,10,16-18H2,1-5H3. The van der Waals surface area contributed by atoms with Crippen molar-refractivity contribution in [2.24, 2.45) is 12.5 Å². The van der Waals surface area contributed by atoms with Gasteiger partial charge in [0.1, 0.15) is 5.60 Å². The molecular weight excluding hydrogens is 438 g/mol. The summed E-state index contributed by atoms with van der Waals surface area (Å²) in [4.78, 5) is 21.5. The highest BCUT2D eigenvalue weighted by Crippen LogP contribution is 2.50. The van der Waals surface area contributed by atoms with E-state index in [1.807, 2.05) is 37.6 Å². The molecule has 1 aromatic carbocycles. The number of pyridine rings is 1. The number of rotatable bonds is 6. The number of carbonyl (C=O) groups is 1. The predicted octanol–water partition coefficient (Wildman–Crippen LogP) is 3.65. The SMILES string of the molecule is CC(C)c1ccc(C(O)(c2cncc(N3CC(c4cnn(C)c4)CC3=O)c2)C2(C)CN(C)C2)cc1. The van der Waals surface area contributed by atoms with Crippen LogP contribution in [0.15, 0.2) is 55.1 Å². The van der Waals surface area contributed by atoms with Crippen LogP contribution in [0.4, 0.5) is 5.69 Å². The highest BCUT2D eigenvalue weighted by atomic mass is 16.3. The first-order chi connectivity index (χ1) is 16.6. The monoisotopic (exact) mass is 473 g/mol. The molecule has 2 aromatic heterocycles. The molecule has 2 aliphatic heterocycles. The average molecular weight is 474 g/mol. The lowest BCUT2D eigenvalue weighted by molar-refractivity contribution is -0.127. The number of aliphatic hydroxyl groups is 1. The van der Waals surface area contributed by atoms with Crippen molar-refractivity contribution in [3.05, 3.63) is 77.4 Å². The molecule has 0 spiro atoms. The van der Waals surface area contributed by atoms with Gasteiger partial charge in [-0.1, -0.05) is 45.0 Å². The Bertz CT molecular complexity index is 1230. The normalized spacial score (nSPS) is 21.9. The van der Waals surface area contributed by atoms with Crippen LogP contribution < -0.4 is 4.90 Å². The summed E-state index contributed by atoms with van der Waals surface area (Å²) in [6, 6.07) is 10.3. The fourth-order valence-electron chi connectivity index (χ4n) is 5.95. The number of anilines is 1. The van der Waals surface area contributed by atoms with Gasteiger partial charge in [0.05, 0.1) is 18.1 Å². The molecule has 0 bridgehead atoms. The Kier molecular flexibility index (Phi) is 5.80. The van der Waals surface area contributed by atoms with Gasteiger partial charge < -0.3 is 14.9 Å². The molecule has 0 aliphatic carbocycles. The van der Waals surface area contributed by atoms with Crippen LogP contribution in [0.1, 0.15) is 61.3 Å². The Morgan fingerprint density at radius 2 is 1.80 bits per heavy atom. The largest absolute Gasteiger partial charge is 0.380 e. The van der Waals surface area contributed by atoms with Crippen molar-refractivity contribution in [3.8, 4) is 0 Å². The number of aryl methyl sites for hydroxylation is 1. The number of aromatic nitrogens is 3. The highest BCUT2D eigenvalue weighted by Gasteiger charge is 2.55. The molecule has 2 fully saturated rings. The zero-order chi connectivity index (χ0) is 25.0. The van der Waals surface area contributed by atoms with E-state index >= 15 is 0 Å². The van der Waals surface area contributed by atoms with Gasteiger partial charge in [-0.25, -0.2) is 0 Å². The Morgan fingerprint density at radius 1 is 1.09 bits per heavy atom. The van der Waals surface area contributed by atoms with E-state index in [0.29, 0.717) is 18.9 Å². The number of nitrogens with zero attached hydrogens (tertiary/aromatic N) is 5. The number of amides is 1. The van der Waals surface area contributed by atoms with Gasteiger partial charge in [0, 0.05) is 62.4 Å². The van der Waals surface area contributed by atoms with Crippen LogP contribution in [0.3, 0.4) is 0 Å². The van der Waals surface area contributed by atoms with E-state index < -0.39 is 5.60 Å². The van der Waals surface area contributed by atoms with Crippen LogP contribution in [0, 0.1) is 5.41 Å². The van der Waals surface area contributed by atoms with Gasteiger partial charge in [0.15, 0.2) is 0 Å². The van der Waals surface area contributed by atoms with Crippen molar-refractivity contribution < 1.29 is 9.90 Å². The molecule has 1 N–H and O–H groups in total. The molecule has 0 radical (unpaired) electrons. The third-order valence-electron chi connectivity index (χ3n) is 7.88. The van der Waals surface area contributed by atoms with Crippen molar-refractivity contribution in [2.75, 3.05) is 31.6 Å². The summed E-state index contributed by atoms with van der Waals surface area (Å²) in [5.41, 5.74) is 3.01. The van der Waals surface area contributed by atoms with Crippen LogP contribution >= 0.6 is 0 Å². The molecule has 1 amide bonds. The fraction of sp³-hybridized carbons (Fsp3) is 0.464. The molecule has 7 heteroatoms. The minimum absolute atomic E-state index is 0.0669. The van der Waals surface area contributed by atoms with E-state index in [0.717, 1.165) is 35.5 Å². The summed E-state index contributed by atoms with van der Waals surface area (Å²) >= 11 is 0. The molecule has 0 saturated carbocycles. The first-order valence-corrected chi connectivity index (χ1v) is 12.4. The van der Waals surface area contributed by atoms with Crippen LogP contribution in [0.25, 0.3) is 0 Å². The molecule has 35 heavy (non-hydrogen) atoms. The quantitative estimate of drug-likeness (QED) is 0.592. The third kappa shape index (κ3) is 3.96. The first-order valence-electron chi connectivity index (χ1n) is 12.4. The average Bonchev–Trinajstić information content (AvgIpc) is 3.43. The second kappa shape index (κ2) is 8.57. The van der Waals surface area contributed by atoms with E-state index in [2.05, 4.69) is 54.9 Å². The van der Waals surface area contributed by atoms with Crippen molar-refractivity contribution in [2.45, 2.75) is 44.6 Å². The van der Waals surface area contributed by atoms with Crippen LogP contribution in [0.5, 0.6) is 0 Å². The number of likely N-dealkylation sites (tertiary alicyclic amines) is 1. The van der Waals surface area contributed by atoms with E-state index in [1.54, 1.807) is 22.0 Å². The van der Waals surface area contributed by atoms with Crippen molar-refractivity contribution in [1.29, 1.82) is 0 Å². The molecule has 7 nitrogen and oxygen atoms in total. The lowest BCUT2D eigenvalue weighted by atomic mass is 9.62. The van der Waals surface area contributed by atoms with Crippen LogP contribution in [-0.2, 0) is 17.4 Å². The van der Waals surface area contributed by atoms with Crippen molar-refractivity contribution in [3.63, 3.8) is 0 Å². The molecule has 2 saturated heterocycles. The fourth-order valence-corrected chi connectivity index (χ4v) is 5.95. The van der Waals surface area contributed by atoms with Gasteiger partial charge in [0.2, 0.25) is 5.91 Å². The maximum absolute atomic E-state index is 13.0. The zero-order valence-corrected chi connectivity index (χ0v) is 21.3. The third-order valence-corrected chi connectivity index (χ3v) is 7.88. The van der Waals surface area contributed by atoms with E-state index in [9.17, 15) is 9.90 Å². The lowest BCUT2D eigenvalue weighted by Crippen LogP contribution is -2.63. The van der Waals surface area contributed by atoms with E-state index in [-0.39, 0.29) is 17.2 Å². The summed E-state index contributed by atoms with van der Waals surface area (Å²) in [5.74, 6) is 0.582. The number of benzene rings is 1. The van der Waals surface area contributed by atoms with Gasteiger partial charge in [0.25, 0.3) is 0 Å². The molecule has 2 aliphatic rings. The Morgan fingerprint density at radius 3 is 2.40 bits per heavy atom. The van der Waals surface area contributed by atoms with Gasteiger partial charge in [-0.15, -0.1) is 0 Å². The van der Waals surface area contributed by atoms with Gasteiger partial charge >= 0.3 is 0 Å². The Balaban J connectivity index is 1.52. The molecule has 3 aromatic rings. The topological polar surface area (TPSA) is 74.5 Å². The summed E-state index contributed by atoms with van der Waals surface area (Å²) in [5, 5.41) is 16.7. The second-order valence-electron chi connectivity index (χ2n) is 11.0. The predicted molar refractivity (Wildman–Crippen MR) is 136 cm³/mol. The first kappa shape index (κ1) is 23.7. The molecule has 5 rings (SSSR count). The summed E-state index contributed by atoms with van der Waals surface area (Å²) in [6.07, 6.45) is 7.74. The van der Waals surface area contributed by atoms with Gasteiger partial charge in [-0.05, 0) is 35.7 Å². The minimum atomic E-state index is -1.23. The van der Waals surface area contributed by atoms with Crippen LogP contribution in [-0.4, -0.2) is 57.4 Å². The second-order valence-corrected chi connectivity index (χ2v) is 11.0. The van der Waals surface area contributed by atoms with Crippen molar-refractivity contribution >= 4 is 11.6 Å². The minimum Gasteiger partial charge on any atom is -0.380 e. The Labute approximate surface area is 207 Å². The molecule has 2 atom stereocenters. The molecule has 4 heterocycles. The number of hydrogen-bond donors (Lipinski definition) is 1. The van der Waals surface area contributed by atoms with Gasteiger partial charge in [-0.2, -0.15) is 5.10 Å². The highest BCUT2D eigenvalue weighted by molar-refractivity contribution is 5.96. The number of carbonyl (C=O) groups excluding carboxylic acids is 1. The van der Waals surface area contributed by atoms with Crippen molar-refractivity contribution in [1.82, 2.24) is 19.7 Å². The summed E-state index contributed by atoms with van der Waals surface area (Å²) in [7, 11) is 3.96. The zero-order valence-electron chi connectivity index (χ0n) is 21.3. The smallest absolute Gasteiger partial charge is 0.227 e.